The van der Waals surface area contributed by atoms with E-state index >= 15 is 0 Å². The number of rotatable bonds is 3. The lowest BCUT2D eigenvalue weighted by atomic mass is 9.68. The van der Waals surface area contributed by atoms with Crippen LogP contribution in [0.2, 0.25) is 0 Å². The standard InChI is InChI=1S/C32H22O/c33-27-17-16-24-18-21(12-13-25(24)19-27)20-32(26-8-2-1-3-9-26)28-10-4-6-22-14-15-23-7-5-11-29(32)31(23)30(22)28/h1-19,33H,20H2. The van der Waals surface area contributed by atoms with Crippen LogP contribution >= 0.6 is 0 Å². The zero-order valence-corrected chi connectivity index (χ0v) is 18.1. The Morgan fingerprint density at radius 2 is 1.12 bits per heavy atom. The second-order valence-electron chi connectivity index (χ2n) is 9.19. The molecule has 0 fully saturated rings. The number of hydrogen-bond acceptors (Lipinski definition) is 1. The molecule has 0 saturated heterocycles. The van der Waals surface area contributed by atoms with Crippen molar-refractivity contribution >= 4 is 32.3 Å². The van der Waals surface area contributed by atoms with Crippen molar-refractivity contribution in [1.82, 2.24) is 0 Å². The van der Waals surface area contributed by atoms with E-state index in [4.69, 9.17) is 0 Å². The van der Waals surface area contributed by atoms with Crippen LogP contribution in [0.5, 0.6) is 5.75 Å². The summed E-state index contributed by atoms with van der Waals surface area (Å²) in [5.41, 5.74) is 5.15. The van der Waals surface area contributed by atoms with E-state index in [0.717, 1.165) is 17.2 Å². The zero-order chi connectivity index (χ0) is 22.0. The molecule has 0 spiro atoms. The minimum Gasteiger partial charge on any atom is -0.508 e. The molecule has 0 bridgehead atoms. The van der Waals surface area contributed by atoms with Gasteiger partial charge in [-0.25, -0.2) is 0 Å². The maximum atomic E-state index is 9.89. The topological polar surface area (TPSA) is 20.2 Å². The van der Waals surface area contributed by atoms with Gasteiger partial charge >= 0.3 is 0 Å². The summed E-state index contributed by atoms with van der Waals surface area (Å²) in [6.07, 6.45) is 0.876. The third-order valence-corrected chi connectivity index (χ3v) is 7.43. The van der Waals surface area contributed by atoms with Crippen LogP contribution in [0.4, 0.5) is 0 Å². The van der Waals surface area contributed by atoms with Crippen molar-refractivity contribution in [3.63, 3.8) is 0 Å². The summed E-state index contributed by atoms with van der Waals surface area (Å²) in [6.45, 7) is 0. The number of benzene rings is 6. The second kappa shape index (κ2) is 6.70. The summed E-state index contributed by atoms with van der Waals surface area (Å²) in [5, 5.41) is 17.5. The first-order valence-corrected chi connectivity index (χ1v) is 11.5. The molecule has 1 aliphatic carbocycles. The van der Waals surface area contributed by atoms with Crippen molar-refractivity contribution < 1.29 is 5.11 Å². The van der Waals surface area contributed by atoms with Crippen molar-refractivity contribution in [2.75, 3.05) is 0 Å². The smallest absolute Gasteiger partial charge is 0.116 e. The summed E-state index contributed by atoms with van der Waals surface area (Å²) in [4.78, 5) is 0. The van der Waals surface area contributed by atoms with Gasteiger partial charge in [-0.1, -0.05) is 103 Å². The van der Waals surface area contributed by atoms with E-state index in [2.05, 4.69) is 97.1 Å². The molecule has 0 amide bonds. The highest BCUT2D eigenvalue weighted by Gasteiger charge is 2.43. The average Bonchev–Trinajstić information content (AvgIpc) is 3.15. The van der Waals surface area contributed by atoms with E-state index in [0.29, 0.717) is 5.75 Å². The largest absolute Gasteiger partial charge is 0.508 e. The van der Waals surface area contributed by atoms with Crippen molar-refractivity contribution in [2.45, 2.75) is 11.8 Å². The minimum absolute atomic E-state index is 0.255. The molecule has 0 unspecified atom stereocenters. The Kier molecular flexibility index (Phi) is 3.75. The normalized spacial score (nSPS) is 13.9. The lowest BCUT2D eigenvalue weighted by Crippen LogP contribution is -2.30. The summed E-state index contributed by atoms with van der Waals surface area (Å²) >= 11 is 0. The Morgan fingerprint density at radius 1 is 0.515 bits per heavy atom. The summed E-state index contributed by atoms with van der Waals surface area (Å²) < 4.78 is 0. The first-order valence-electron chi connectivity index (χ1n) is 11.5. The highest BCUT2D eigenvalue weighted by Crippen LogP contribution is 2.53. The lowest BCUT2D eigenvalue weighted by Gasteiger charge is -2.34. The first-order chi connectivity index (χ1) is 16.2. The molecule has 0 atom stereocenters. The molecule has 0 aromatic heterocycles. The number of aromatic hydroxyl groups is 1. The van der Waals surface area contributed by atoms with Crippen molar-refractivity contribution in [2.24, 2.45) is 0 Å². The van der Waals surface area contributed by atoms with Gasteiger partial charge in [-0.2, -0.15) is 0 Å². The van der Waals surface area contributed by atoms with Gasteiger partial charge in [0, 0.05) is 0 Å². The molecular formula is C32H22O. The van der Waals surface area contributed by atoms with Gasteiger partial charge in [0.1, 0.15) is 5.75 Å². The molecule has 1 heteroatoms. The molecule has 6 aromatic carbocycles. The fourth-order valence-electron chi connectivity index (χ4n) is 6.04. The van der Waals surface area contributed by atoms with Gasteiger partial charge < -0.3 is 5.11 Å². The van der Waals surface area contributed by atoms with Crippen LogP contribution in [0.1, 0.15) is 22.3 Å². The van der Waals surface area contributed by atoms with Gasteiger partial charge in [0.05, 0.1) is 5.41 Å². The fourth-order valence-corrected chi connectivity index (χ4v) is 6.04. The van der Waals surface area contributed by atoms with Crippen LogP contribution in [-0.2, 0) is 11.8 Å². The van der Waals surface area contributed by atoms with E-state index in [1.54, 1.807) is 6.07 Å². The highest BCUT2D eigenvalue weighted by atomic mass is 16.3. The van der Waals surface area contributed by atoms with Crippen LogP contribution in [0.3, 0.4) is 0 Å². The molecule has 1 nitrogen and oxygen atoms in total. The maximum absolute atomic E-state index is 9.89. The summed E-state index contributed by atoms with van der Waals surface area (Å²) in [6, 6.07) is 41.3. The summed E-state index contributed by atoms with van der Waals surface area (Å²) in [7, 11) is 0. The van der Waals surface area contributed by atoms with E-state index in [9.17, 15) is 5.11 Å². The molecule has 7 rings (SSSR count). The van der Waals surface area contributed by atoms with Gasteiger partial charge in [-0.3, -0.25) is 0 Å². The third kappa shape index (κ3) is 2.54. The van der Waals surface area contributed by atoms with Gasteiger partial charge in [0.25, 0.3) is 0 Å². The first kappa shape index (κ1) is 18.5. The Bertz CT molecular complexity index is 1630. The molecule has 0 radical (unpaired) electrons. The molecule has 6 aromatic rings. The SMILES string of the molecule is Oc1ccc2cc(CC3(c4ccccc4)c4cccc5ccc6cccc3c6c45)ccc2c1. The van der Waals surface area contributed by atoms with E-state index < -0.39 is 0 Å². The monoisotopic (exact) mass is 422 g/mol. The molecule has 1 aliphatic rings. The fraction of sp³-hybridized carbons (Fsp3) is 0.0625. The van der Waals surface area contributed by atoms with E-state index in [-0.39, 0.29) is 5.41 Å². The van der Waals surface area contributed by atoms with Gasteiger partial charge in [-0.05, 0) is 73.1 Å². The van der Waals surface area contributed by atoms with Crippen LogP contribution in [0, 0.1) is 0 Å². The van der Waals surface area contributed by atoms with Crippen LogP contribution in [-0.4, -0.2) is 5.11 Å². The second-order valence-corrected chi connectivity index (χ2v) is 9.19. The minimum atomic E-state index is -0.255. The molecule has 156 valence electrons. The number of hydrogen-bond donors (Lipinski definition) is 1. The molecule has 0 saturated carbocycles. The van der Waals surface area contributed by atoms with Crippen LogP contribution in [0.25, 0.3) is 32.3 Å². The quantitative estimate of drug-likeness (QED) is 0.289. The molecule has 1 N–H and O–H groups in total. The van der Waals surface area contributed by atoms with Gasteiger partial charge in [0.2, 0.25) is 0 Å². The molecule has 33 heavy (non-hydrogen) atoms. The predicted molar refractivity (Wildman–Crippen MR) is 137 cm³/mol. The number of fused-ring (bicyclic) bond motifs is 1. The van der Waals surface area contributed by atoms with E-state index in [1.165, 1.54) is 43.8 Å². The Morgan fingerprint density at radius 3 is 1.82 bits per heavy atom. The Hall–Kier alpha value is -4.10. The lowest BCUT2D eigenvalue weighted by molar-refractivity contribution is 0.476. The highest BCUT2D eigenvalue weighted by molar-refractivity contribution is 6.15. The van der Waals surface area contributed by atoms with Gasteiger partial charge in [-0.15, -0.1) is 0 Å². The molecule has 0 aliphatic heterocycles. The Labute approximate surface area is 192 Å². The number of phenols is 1. The third-order valence-electron chi connectivity index (χ3n) is 7.43. The van der Waals surface area contributed by atoms with Gasteiger partial charge in [0.15, 0.2) is 0 Å². The maximum Gasteiger partial charge on any atom is 0.116 e. The number of phenolic OH excluding ortho intramolecular Hbond substituents is 1. The van der Waals surface area contributed by atoms with Crippen molar-refractivity contribution in [3.05, 3.63) is 138 Å². The van der Waals surface area contributed by atoms with Crippen molar-refractivity contribution in [1.29, 1.82) is 0 Å². The molecule has 0 heterocycles. The van der Waals surface area contributed by atoms with Crippen LogP contribution in [0.15, 0.2) is 115 Å². The average molecular weight is 423 g/mol. The van der Waals surface area contributed by atoms with Crippen LogP contribution < -0.4 is 0 Å². The zero-order valence-electron chi connectivity index (χ0n) is 18.1. The van der Waals surface area contributed by atoms with Crippen molar-refractivity contribution in [3.8, 4) is 5.75 Å². The van der Waals surface area contributed by atoms with E-state index in [1.807, 2.05) is 12.1 Å². The Balaban J connectivity index is 1.55. The summed E-state index contributed by atoms with van der Waals surface area (Å²) in [5.74, 6) is 0.306. The predicted octanol–water partition coefficient (Wildman–Crippen LogP) is 7.74. The molecular weight excluding hydrogens is 400 g/mol.